The molecule has 0 bridgehead atoms. The fourth-order valence-electron chi connectivity index (χ4n) is 4.33. The van der Waals surface area contributed by atoms with Crippen LogP contribution in [0.4, 0.5) is 5.69 Å². The van der Waals surface area contributed by atoms with Crippen molar-refractivity contribution in [2.45, 2.75) is 20.3 Å². The highest BCUT2D eigenvalue weighted by Crippen LogP contribution is 2.39. The summed E-state index contributed by atoms with van der Waals surface area (Å²) in [6, 6.07) is 14.6. The van der Waals surface area contributed by atoms with E-state index in [-0.39, 0.29) is 11.8 Å². The Hall–Kier alpha value is -3.32. The molecule has 0 unspecified atom stereocenters. The van der Waals surface area contributed by atoms with Gasteiger partial charge in [-0.1, -0.05) is 38.1 Å². The maximum absolute atomic E-state index is 13.7. The number of para-hydroxylation sites is 2. The number of rotatable bonds is 8. The first-order valence-corrected chi connectivity index (χ1v) is 11.6. The van der Waals surface area contributed by atoms with Crippen molar-refractivity contribution in [2.75, 3.05) is 51.3 Å². The van der Waals surface area contributed by atoms with E-state index >= 15 is 0 Å². The molecule has 33 heavy (non-hydrogen) atoms. The molecule has 0 N–H and O–H groups in total. The monoisotopic (exact) mass is 449 g/mol. The van der Waals surface area contributed by atoms with Crippen LogP contribution in [-0.2, 0) is 9.59 Å². The topological polar surface area (TPSA) is 62.3 Å². The van der Waals surface area contributed by atoms with Crippen LogP contribution in [0.2, 0.25) is 0 Å². The average molecular weight is 450 g/mol. The van der Waals surface area contributed by atoms with Gasteiger partial charge in [0, 0.05) is 26.2 Å². The third kappa shape index (κ3) is 4.46. The Morgan fingerprint density at radius 1 is 0.879 bits per heavy atom. The standard InChI is InChI=1S/C26H31N3O4/c1-4-18-33-20-12-10-19(11-13-20)23-24(28-16-14-27(5-2)15-17-28)26(31)29(25(23)30)21-8-6-7-9-22(21)32-3/h6-13H,4-5,14-18H2,1-3H3. The number of amides is 2. The summed E-state index contributed by atoms with van der Waals surface area (Å²) in [5, 5.41) is 0. The van der Waals surface area contributed by atoms with Crippen molar-refractivity contribution in [1.82, 2.24) is 9.80 Å². The van der Waals surface area contributed by atoms with E-state index in [0.29, 0.717) is 48.0 Å². The van der Waals surface area contributed by atoms with Crippen molar-refractivity contribution in [2.24, 2.45) is 0 Å². The number of methoxy groups -OCH3 is 1. The van der Waals surface area contributed by atoms with Crippen LogP contribution < -0.4 is 14.4 Å². The largest absolute Gasteiger partial charge is 0.495 e. The minimum Gasteiger partial charge on any atom is -0.495 e. The first-order valence-electron chi connectivity index (χ1n) is 11.6. The van der Waals surface area contributed by atoms with Gasteiger partial charge in [0.2, 0.25) is 0 Å². The van der Waals surface area contributed by atoms with Gasteiger partial charge >= 0.3 is 0 Å². The highest BCUT2D eigenvalue weighted by atomic mass is 16.5. The molecule has 174 valence electrons. The Bertz CT molecular complexity index is 1040. The summed E-state index contributed by atoms with van der Waals surface area (Å²) >= 11 is 0. The summed E-state index contributed by atoms with van der Waals surface area (Å²) < 4.78 is 11.2. The number of benzene rings is 2. The quantitative estimate of drug-likeness (QED) is 0.576. The van der Waals surface area contributed by atoms with Crippen LogP contribution in [0.3, 0.4) is 0 Å². The number of carbonyl (C=O) groups excluding carboxylic acids is 2. The molecular formula is C26H31N3O4. The molecule has 0 saturated carbocycles. The lowest BCUT2D eigenvalue weighted by atomic mass is 10.0. The molecule has 4 rings (SSSR count). The van der Waals surface area contributed by atoms with Crippen molar-refractivity contribution in [3.8, 4) is 11.5 Å². The Balaban J connectivity index is 1.75. The third-order valence-corrected chi connectivity index (χ3v) is 6.14. The second-order valence-corrected chi connectivity index (χ2v) is 8.14. The van der Waals surface area contributed by atoms with Crippen LogP contribution in [0, 0.1) is 0 Å². The number of imide groups is 1. The summed E-state index contributed by atoms with van der Waals surface area (Å²) in [5.41, 5.74) is 2.06. The molecule has 0 atom stereocenters. The number of ether oxygens (including phenoxy) is 2. The fraction of sp³-hybridized carbons (Fsp3) is 0.385. The zero-order valence-electron chi connectivity index (χ0n) is 19.5. The van der Waals surface area contributed by atoms with Gasteiger partial charge in [0.15, 0.2) is 0 Å². The highest BCUT2D eigenvalue weighted by Gasteiger charge is 2.43. The number of anilines is 1. The minimum atomic E-state index is -0.334. The maximum Gasteiger partial charge on any atom is 0.282 e. The molecule has 1 saturated heterocycles. The van der Waals surface area contributed by atoms with Crippen LogP contribution in [0.15, 0.2) is 54.2 Å². The van der Waals surface area contributed by atoms with E-state index in [4.69, 9.17) is 9.47 Å². The number of nitrogens with zero attached hydrogens (tertiary/aromatic N) is 3. The third-order valence-electron chi connectivity index (χ3n) is 6.14. The summed E-state index contributed by atoms with van der Waals surface area (Å²) in [4.78, 5) is 33.1. The lowest BCUT2D eigenvalue weighted by Gasteiger charge is -2.36. The van der Waals surface area contributed by atoms with E-state index in [1.54, 1.807) is 18.2 Å². The highest BCUT2D eigenvalue weighted by molar-refractivity contribution is 6.45. The fourth-order valence-corrected chi connectivity index (χ4v) is 4.33. The summed E-state index contributed by atoms with van der Waals surface area (Å²) in [6.45, 7) is 8.90. The lowest BCUT2D eigenvalue weighted by Crippen LogP contribution is -2.47. The van der Waals surface area contributed by atoms with Gasteiger partial charge < -0.3 is 19.3 Å². The van der Waals surface area contributed by atoms with Crippen LogP contribution in [0.5, 0.6) is 11.5 Å². The van der Waals surface area contributed by atoms with Crippen LogP contribution >= 0.6 is 0 Å². The number of likely N-dealkylation sites (N-methyl/N-ethyl adjacent to an activating group) is 1. The molecular weight excluding hydrogens is 418 g/mol. The zero-order valence-corrected chi connectivity index (χ0v) is 19.5. The zero-order chi connectivity index (χ0) is 23.4. The molecule has 0 aliphatic carbocycles. The number of hydrogen-bond donors (Lipinski definition) is 0. The Labute approximate surface area is 195 Å². The number of piperazine rings is 1. The van der Waals surface area contributed by atoms with Crippen molar-refractivity contribution < 1.29 is 19.1 Å². The molecule has 0 aromatic heterocycles. The Kier molecular flexibility index (Phi) is 6.99. The summed E-state index contributed by atoms with van der Waals surface area (Å²) in [6.07, 6.45) is 0.918. The van der Waals surface area contributed by atoms with Crippen LogP contribution in [0.25, 0.3) is 5.57 Å². The number of hydrogen-bond acceptors (Lipinski definition) is 6. The van der Waals surface area contributed by atoms with E-state index in [1.807, 2.05) is 30.3 Å². The molecule has 7 nitrogen and oxygen atoms in total. The molecule has 2 aromatic carbocycles. The minimum absolute atomic E-state index is 0.309. The smallest absolute Gasteiger partial charge is 0.282 e. The van der Waals surface area contributed by atoms with Crippen LogP contribution in [0.1, 0.15) is 25.8 Å². The van der Waals surface area contributed by atoms with E-state index in [0.717, 1.165) is 31.8 Å². The second-order valence-electron chi connectivity index (χ2n) is 8.14. The maximum atomic E-state index is 13.7. The van der Waals surface area contributed by atoms with Gasteiger partial charge in [-0.2, -0.15) is 0 Å². The second kappa shape index (κ2) is 10.1. The molecule has 2 aromatic rings. The normalized spacial score (nSPS) is 17.2. The van der Waals surface area contributed by atoms with E-state index in [9.17, 15) is 9.59 Å². The molecule has 7 heteroatoms. The van der Waals surface area contributed by atoms with Gasteiger partial charge in [-0.25, -0.2) is 4.90 Å². The van der Waals surface area contributed by atoms with Gasteiger partial charge in [0.1, 0.15) is 17.2 Å². The molecule has 2 heterocycles. The molecule has 2 amide bonds. The molecule has 1 fully saturated rings. The van der Waals surface area contributed by atoms with Gasteiger partial charge in [-0.05, 0) is 42.8 Å². The van der Waals surface area contributed by atoms with Crippen molar-refractivity contribution in [3.63, 3.8) is 0 Å². The van der Waals surface area contributed by atoms with Gasteiger partial charge in [-0.15, -0.1) is 0 Å². The predicted molar refractivity (Wildman–Crippen MR) is 128 cm³/mol. The van der Waals surface area contributed by atoms with Gasteiger partial charge in [-0.3, -0.25) is 9.59 Å². The Morgan fingerprint density at radius 3 is 2.21 bits per heavy atom. The number of carbonyl (C=O) groups is 2. The average Bonchev–Trinajstić information content (AvgIpc) is 3.12. The van der Waals surface area contributed by atoms with Crippen molar-refractivity contribution in [3.05, 3.63) is 59.8 Å². The first-order chi connectivity index (χ1) is 16.1. The van der Waals surface area contributed by atoms with Gasteiger partial charge in [0.25, 0.3) is 11.8 Å². The SMILES string of the molecule is CCCOc1ccc(C2=C(N3CCN(CC)CC3)C(=O)N(c3ccccc3OC)C2=O)cc1. The van der Waals surface area contributed by atoms with Crippen molar-refractivity contribution >= 4 is 23.1 Å². The first kappa shape index (κ1) is 22.9. The van der Waals surface area contributed by atoms with E-state index in [1.165, 1.54) is 12.0 Å². The Morgan fingerprint density at radius 2 is 1.58 bits per heavy atom. The predicted octanol–water partition coefficient (Wildman–Crippen LogP) is 3.41. The van der Waals surface area contributed by atoms with E-state index < -0.39 is 0 Å². The van der Waals surface area contributed by atoms with Crippen LogP contribution in [-0.4, -0.2) is 68.1 Å². The molecule has 2 aliphatic heterocycles. The lowest BCUT2D eigenvalue weighted by molar-refractivity contribution is -0.120. The van der Waals surface area contributed by atoms with E-state index in [2.05, 4.69) is 23.6 Å². The van der Waals surface area contributed by atoms with Crippen molar-refractivity contribution in [1.29, 1.82) is 0 Å². The van der Waals surface area contributed by atoms with Gasteiger partial charge in [0.05, 0.1) is 25.0 Å². The molecule has 0 spiro atoms. The summed E-state index contributed by atoms with van der Waals surface area (Å²) in [7, 11) is 1.54. The summed E-state index contributed by atoms with van der Waals surface area (Å²) in [5.74, 6) is 0.590. The molecule has 2 aliphatic rings. The molecule has 0 radical (unpaired) electrons.